The van der Waals surface area contributed by atoms with Crippen LogP contribution in [-0.4, -0.2) is 62.0 Å². The molecule has 1 aromatic rings. The summed E-state index contributed by atoms with van der Waals surface area (Å²) >= 11 is 1.75. The third kappa shape index (κ3) is 5.04. The lowest BCUT2D eigenvalue weighted by Crippen LogP contribution is -2.47. The molecule has 0 saturated carbocycles. The Bertz CT molecular complexity index is 313. The Labute approximate surface area is 113 Å². The van der Waals surface area contributed by atoms with E-state index in [1.54, 1.807) is 11.3 Å². The number of rotatable bonds is 7. The molecule has 0 aliphatic carbocycles. The predicted molar refractivity (Wildman–Crippen MR) is 74.2 cm³/mol. The Kier molecular flexibility index (Phi) is 6.10. The van der Waals surface area contributed by atoms with Crippen LogP contribution < -0.4 is 5.32 Å². The minimum absolute atomic E-state index is 0.369. The fourth-order valence-corrected chi connectivity index (χ4v) is 2.78. The maximum absolute atomic E-state index is 9.87. The standard InChI is InChI=1S/C13H22N2O2S/c16-12(10-15-6-4-14-5-7-15)11-17-8-3-13-2-1-9-18-13/h1-2,9,12,14,16H,3-8,10-11H2. The number of aliphatic hydroxyl groups is 1. The second-order valence-electron chi connectivity index (χ2n) is 4.61. The number of aliphatic hydroxyl groups excluding tert-OH is 1. The van der Waals surface area contributed by atoms with Crippen LogP contribution in [0.2, 0.25) is 0 Å². The van der Waals surface area contributed by atoms with Gasteiger partial charge < -0.3 is 15.2 Å². The highest BCUT2D eigenvalue weighted by atomic mass is 32.1. The molecule has 1 aliphatic rings. The van der Waals surface area contributed by atoms with Crippen LogP contribution in [0.5, 0.6) is 0 Å². The van der Waals surface area contributed by atoms with Crippen LogP contribution in [0.4, 0.5) is 0 Å². The van der Waals surface area contributed by atoms with Crippen molar-refractivity contribution in [3.63, 3.8) is 0 Å². The van der Waals surface area contributed by atoms with Crippen molar-refractivity contribution < 1.29 is 9.84 Å². The van der Waals surface area contributed by atoms with Gasteiger partial charge in [-0.2, -0.15) is 0 Å². The van der Waals surface area contributed by atoms with Gasteiger partial charge in [0.1, 0.15) is 0 Å². The van der Waals surface area contributed by atoms with Crippen LogP contribution in [-0.2, 0) is 11.2 Å². The molecule has 18 heavy (non-hydrogen) atoms. The number of hydrogen-bond donors (Lipinski definition) is 2. The molecule has 1 unspecified atom stereocenters. The van der Waals surface area contributed by atoms with Crippen LogP contribution in [0.3, 0.4) is 0 Å². The molecule has 1 saturated heterocycles. The normalized spacial score (nSPS) is 18.9. The Morgan fingerprint density at radius 1 is 1.44 bits per heavy atom. The van der Waals surface area contributed by atoms with Gasteiger partial charge in [0.05, 0.1) is 19.3 Å². The second-order valence-corrected chi connectivity index (χ2v) is 5.64. The molecule has 2 rings (SSSR count). The Hall–Kier alpha value is -0.460. The first-order chi connectivity index (χ1) is 8.84. The van der Waals surface area contributed by atoms with Gasteiger partial charge in [-0.1, -0.05) is 6.07 Å². The smallest absolute Gasteiger partial charge is 0.0900 e. The van der Waals surface area contributed by atoms with E-state index in [1.165, 1.54) is 4.88 Å². The summed E-state index contributed by atoms with van der Waals surface area (Å²) in [6, 6.07) is 4.17. The average molecular weight is 270 g/mol. The van der Waals surface area contributed by atoms with Crippen molar-refractivity contribution in [3.8, 4) is 0 Å². The summed E-state index contributed by atoms with van der Waals surface area (Å²) in [6.07, 6.45) is 0.573. The van der Waals surface area contributed by atoms with E-state index in [1.807, 2.05) is 0 Å². The SMILES string of the molecule is OC(COCCc1cccs1)CN1CCNCC1. The Morgan fingerprint density at radius 2 is 2.28 bits per heavy atom. The van der Waals surface area contributed by atoms with Crippen molar-refractivity contribution in [2.45, 2.75) is 12.5 Å². The molecule has 1 atom stereocenters. The predicted octanol–water partition coefficient (Wildman–Crippen LogP) is 0.573. The van der Waals surface area contributed by atoms with Crippen LogP contribution in [0.15, 0.2) is 17.5 Å². The van der Waals surface area contributed by atoms with Crippen LogP contribution in [0, 0.1) is 0 Å². The molecule has 0 bridgehead atoms. The summed E-state index contributed by atoms with van der Waals surface area (Å²) in [5.41, 5.74) is 0. The number of thiophene rings is 1. The lowest BCUT2D eigenvalue weighted by Gasteiger charge is -2.28. The van der Waals surface area contributed by atoms with E-state index in [0.717, 1.165) is 39.1 Å². The molecule has 0 amide bonds. The molecular weight excluding hydrogens is 248 g/mol. The van der Waals surface area contributed by atoms with Crippen molar-refractivity contribution >= 4 is 11.3 Å². The topological polar surface area (TPSA) is 44.7 Å². The molecule has 0 spiro atoms. The molecule has 0 radical (unpaired) electrons. The summed E-state index contributed by atoms with van der Waals surface area (Å²) in [5.74, 6) is 0. The monoisotopic (exact) mass is 270 g/mol. The minimum Gasteiger partial charge on any atom is -0.389 e. The van der Waals surface area contributed by atoms with E-state index < -0.39 is 0 Å². The zero-order chi connectivity index (χ0) is 12.6. The zero-order valence-electron chi connectivity index (χ0n) is 10.7. The summed E-state index contributed by atoms with van der Waals surface area (Å²) < 4.78 is 5.52. The summed E-state index contributed by atoms with van der Waals surface area (Å²) in [6.45, 7) is 5.94. The van der Waals surface area contributed by atoms with Gasteiger partial charge in [0.15, 0.2) is 0 Å². The molecule has 1 aliphatic heterocycles. The van der Waals surface area contributed by atoms with Crippen molar-refractivity contribution in [3.05, 3.63) is 22.4 Å². The van der Waals surface area contributed by atoms with Gasteiger partial charge in [-0.05, 0) is 11.4 Å². The van der Waals surface area contributed by atoms with Gasteiger partial charge in [-0.25, -0.2) is 0 Å². The molecule has 1 aromatic heterocycles. The number of β-amino-alcohol motifs (C(OH)–C–C–N with tert-alkyl or cyclic N) is 1. The molecule has 4 nitrogen and oxygen atoms in total. The van der Waals surface area contributed by atoms with Gasteiger partial charge >= 0.3 is 0 Å². The molecule has 5 heteroatoms. The fourth-order valence-electron chi connectivity index (χ4n) is 2.09. The number of ether oxygens (including phenoxy) is 1. The van der Waals surface area contributed by atoms with Crippen LogP contribution >= 0.6 is 11.3 Å². The Balaban J connectivity index is 1.52. The van der Waals surface area contributed by atoms with E-state index in [9.17, 15) is 5.11 Å². The van der Waals surface area contributed by atoms with Gasteiger partial charge in [0.25, 0.3) is 0 Å². The highest BCUT2D eigenvalue weighted by Gasteiger charge is 2.14. The first-order valence-corrected chi connectivity index (χ1v) is 7.44. The van der Waals surface area contributed by atoms with E-state index >= 15 is 0 Å². The van der Waals surface area contributed by atoms with E-state index in [-0.39, 0.29) is 6.10 Å². The highest BCUT2D eigenvalue weighted by Crippen LogP contribution is 2.09. The maximum atomic E-state index is 9.87. The van der Waals surface area contributed by atoms with Crippen molar-refractivity contribution in [1.29, 1.82) is 0 Å². The number of hydrogen-bond acceptors (Lipinski definition) is 5. The summed E-state index contributed by atoms with van der Waals surface area (Å²) in [4.78, 5) is 3.62. The molecule has 102 valence electrons. The molecular formula is C13H22N2O2S. The first kappa shape index (κ1) is 14.0. The molecule has 0 aromatic carbocycles. The molecule has 2 heterocycles. The molecule has 2 N–H and O–H groups in total. The lowest BCUT2D eigenvalue weighted by atomic mass is 10.3. The van der Waals surface area contributed by atoms with Gasteiger partial charge in [0.2, 0.25) is 0 Å². The fraction of sp³-hybridized carbons (Fsp3) is 0.692. The van der Waals surface area contributed by atoms with Gasteiger partial charge in [-0.15, -0.1) is 11.3 Å². The zero-order valence-corrected chi connectivity index (χ0v) is 11.5. The van der Waals surface area contributed by atoms with Crippen molar-refractivity contribution in [1.82, 2.24) is 10.2 Å². The first-order valence-electron chi connectivity index (χ1n) is 6.56. The summed E-state index contributed by atoms with van der Waals surface area (Å²) in [5, 5.41) is 15.3. The van der Waals surface area contributed by atoms with Gasteiger partial charge in [-0.3, -0.25) is 4.90 Å². The second kappa shape index (κ2) is 7.86. The maximum Gasteiger partial charge on any atom is 0.0900 e. The summed E-state index contributed by atoms with van der Waals surface area (Å²) in [7, 11) is 0. The quantitative estimate of drug-likeness (QED) is 0.711. The van der Waals surface area contributed by atoms with Crippen molar-refractivity contribution in [2.24, 2.45) is 0 Å². The van der Waals surface area contributed by atoms with E-state index in [2.05, 4.69) is 27.7 Å². The van der Waals surface area contributed by atoms with Crippen LogP contribution in [0.1, 0.15) is 4.88 Å². The average Bonchev–Trinajstić information content (AvgIpc) is 2.89. The highest BCUT2D eigenvalue weighted by molar-refractivity contribution is 7.09. The number of nitrogens with one attached hydrogen (secondary N) is 1. The number of piperazine rings is 1. The lowest BCUT2D eigenvalue weighted by molar-refractivity contribution is 0.0159. The van der Waals surface area contributed by atoms with Crippen LogP contribution in [0.25, 0.3) is 0 Å². The van der Waals surface area contributed by atoms with Gasteiger partial charge in [0, 0.05) is 44.0 Å². The minimum atomic E-state index is -0.369. The number of nitrogens with zero attached hydrogens (tertiary/aromatic N) is 1. The van der Waals surface area contributed by atoms with E-state index in [0.29, 0.717) is 13.2 Å². The third-order valence-electron chi connectivity index (χ3n) is 3.06. The van der Waals surface area contributed by atoms with E-state index in [4.69, 9.17) is 4.74 Å². The largest absolute Gasteiger partial charge is 0.389 e. The van der Waals surface area contributed by atoms with Crippen molar-refractivity contribution in [2.75, 3.05) is 45.9 Å². The third-order valence-corrected chi connectivity index (χ3v) is 4.00. The molecule has 1 fully saturated rings. The Morgan fingerprint density at radius 3 is 3.00 bits per heavy atom.